The highest BCUT2D eigenvalue weighted by Gasteiger charge is 2.44. The molecule has 23 heavy (non-hydrogen) atoms. The average Bonchev–Trinajstić information content (AvgIpc) is 3.31. The van der Waals surface area contributed by atoms with Crippen molar-refractivity contribution in [2.45, 2.75) is 43.6 Å². The van der Waals surface area contributed by atoms with E-state index in [-0.39, 0.29) is 17.4 Å². The summed E-state index contributed by atoms with van der Waals surface area (Å²) in [6.07, 6.45) is 7.13. The number of anilines is 1. The van der Waals surface area contributed by atoms with Crippen LogP contribution in [0.25, 0.3) is 0 Å². The molecule has 1 aliphatic heterocycles. The number of nitrogens with one attached hydrogen (secondary N) is 1. The molecular formula is C17H21N3OS2. The fraction of sp³-hybridized carbons (Fsp3) is 0.529. The van der Waals surface area contributed by atoms with Gasteiger partial charge in [-0.05, 0) is 30.7 Å². The lowest BCUT2D eigenvalue weighted by molar-refractivity contribution is -0.127. The smallest absolute Gasteiger partial charge is 0.231 e. The monoisotopic (exact) mass is 347 g/mol. The first-order valence-electron chi connectivity index (χ1n) is 8.27. The topological polar surface area (TPSA) is 45.2 Å². The van der Waals surface area contributed by atoms with Gasteiger partial charge in [0, 0.05) is 35.6 Å². The Kier molecular flexibility index (Phi) is 4.11. The number of thiazole rings is 1. The Morgan fingerprint density at radius 3 is 2.87 bits per heavy atom. The molecule has 1 saturated heterocycles. The van der Waals surface area contributed by atoms with E-state index in [0.29, 0.717) is 0 Å². The van der Waals surface area contributed by atoms with Crippen molar-refractivity contribution < 1.29 is 4.79 Å². The number of aromatic nitrogens is 1. The van der Waals surface area contributed by atoms with Gasteiger partial charge in [0.05, 0.1) is 5.41 Å². The summed E-state index contributed by atoms with van der Waals surface area (Å²) in [6.45, 7) is 1.85. The van der Waals surface area contributed by atoms with Crippen molar-refractivity contribution in [1.82, 2.24) is 10.3 Å². The second kappa shape index (κ2) is 6.24. The minimum absolute atomic E-state index is 0.239. The number of hydrogen-bond donors (Lipinski definition) is 1. The van der Waals surface area contributed by atoms with Crippen LogP contribution in [0.5, 0.6) is 0 Å². The van der Waals surface area contributed by atoms with Gasteiger partial charge in [-0.2, -0.15) is 0 Å². The summed E-state index contributed by atoms with van der Waals surface area (Å²) in [4.78, 5) is 21.0. The van der Waals surface area contributed by atoms with Gasteiger partial charge in [0.2, 0.25) is 5.91 Å². The zero-order chi connectivity index (χ0) is 15.7. The van der Waals surface area contributed by atoms with Crippen molar-refractivity contribution in [3.63, 3.8) is 0 Å². The fourth-order valence-electron chi connectivity index (χ4n) is 3.86. The predicted octanol–water partition coefficient (Wildman–Crippen LogP) is 3.41. The molecule has 0 aromatic carbocycles. The van der Waals surface area contributed by atoms with Crippen molar-refractivity contribution in [3.05, 3.63) is 34.0 Å². The summed E-state index contributed by atoms with van der Waals surface area (Å²) in [7, 11) is 0. The Labute approximate surface area is 144 Å². The van der Waals surface area contributed by atoms with E-state index in [1.54, 1.807) is 22.7 Å². The maximum absolute atomic E-state index is 13.1. The van der Waals surface area contributed by atoms with E-state index in [1.165, 1.54) is 4.88 Å². The lowest BCUT2D eigenvalue weighted by Gasteiger charge is -2.28. The van der Waals surface area contributed by atoms with Crippen LogP contribution < -0.4 is 10.2 Å². The first kappa shape index (κ1) is 15.1. The van der Waals surface area contributed by atoms with Gasteiger partial charge in [0.15, 0.2) is 5.13 Å². The first-order chi connectivity index (χ1) is 11.3. The molecule has 0 radical (unpaired) electrons. The molecule has 2 aromatic rings. The second-order valence-electron chi connectivity index (χ2n) is 6.49. The highest BCUT2D eigenvalue weighted by molar-refractivity contribution is 7.13. The standard InChI is InChI=1S/C17H21N3OS2/c21-15(17(6-1-2-7-17)14-4-3-10-22-14)19-13-5-9-20(12-13)16-18-8-11-23-16/h3-4,8,10-11,13H,1-2,5-7,9,12H2,(H,19,21)/t13-/m1/s1. The van der Waals surface area contributed by atoms with Crippen LogP contribution in [0.3, 0.4) is 0 Å². The Bertz CT molecular complexity index is 647. The summed E-state index contributed by atoms with van der Waals surface area (Å²) in [5.41, 5.74) is -0.275. The van der Waals surface area contributed by atoms with E-state index < -0.39 is 0 Å². The van der Waals surface area contributed by atoms with Gasteiger partial charge in [-0.1, -0.05) is 18.9 Å². The van der Waals surface area contributed by atoms with Gasteiger partial charge in [-0.25, -0.2) is 4.98 Å². The van der Waals surface area contributed by atoms with Gasteiger partial charge in [0.1, 0.15) is 0 Å². The third-order valence-electron chi connectivity index (χ3n) is 5.10. The van der Waals surface area contributed by atoms with E-state index in [2.05, 4.69) is 32.7 Å². The number of thiophene rings is 1. The Hall–Kier alpha value is -1.40. The maximum Gasteiger partial charge on any atom is 0.231 e. The SMILES string of the molecule is O=C(N[C@@H]1CCN(c2nccs2)C1)C1(c2cccs2)CCCC1. The summed E-state index contributed by atoms with van der Waals surface area (Å²) in [5.74, 6) is 0.239. The first-order valence-corrected chi connectivity index (χ1v) is 10.0. The highest BCUT2D eigenvalue weighted by Crippen LogP contribution is 2.43. The largest absolute Gasteiger partial charge is 0.351 e. The lowest BCUT2D eigenvalue weighted by atomic mass is 9.83. The van der Waals surface area contributed by atoms with Crippen LogP contribution in [0.15, 0.2) is 29.1 Å². The highest BCUT2D eigenvalue weighted by atomic mass is 32.1. The molecule has 4 nitrogen and oxygen atoms in total. The molecule has 1 saturated carbocycles. The van der Waals surface area contributed by atoms with E-state index in [4.69, 9.17) is 0 Å². The van der Waals surface area contributed by atoms with Crippen LogP contribution in [0, 0.1) is 0 Å². The zero-order valence-electron chi connectivity index (χ0n) is 13.0. The Balaban J connectivity index is 1.45. The quantitative estimate of drug-likeness (QED) is 0.922. The minimum Gasteiger partial charge on any atom is -0.351 e. The fourth-order valence-corrected chi connectivity index (χ4v) is 5.53. The van der Waals surface area contributed by atoms with E-state index in [1.807, 2.05) is 11.6 Å². The molecule has 1 amide bonds. The van der Waals surface area contributed by atoms with Crippen molar-refractivity contribution in [3.8, 4) is 0 Å². The maximum atomic E-state index is 13.1. The van der Waals surface area contributed by atoms with Gasteiger partial charge in [0.25, 0.3) is 0 Å². The molecule has 2 fully saturated rings. The van der Waals surface area contributed by atoms with Crippen LogP contribution in [-0.2, 0) is 10.2 Å². The van der Waals surface area contributed by atoms with Crippen LogP contribution in [-0.4, -0.2) is 30.0 Å². The molecule has 0 spiro atoms. The molecule has 1 aliphatic carbocycles. The number of hydrogen-bond acceptors (Lipinski definition) is 5. The number of amides is 1. The third kappa shape index (κ3) is 2.78. The minimum atomic E-state index is -0.275. The molecule has 6 heteroatoms. The molecule has 3 heterocycles. The molecule has 1 atom stereocenters. The lowest BCUT2D eigenvalue weighted by Crippen LogP contribution is -2.47. The van der Waals surface area contributed by atoms with E-state index in [9.17, 15) is 4.79 Å². The molecule has 4 rings (SSSR count). The van der Waals surface area contributed by atoms with E-state index >= 15 is 0 Å². The van der Waals surface area contributed by atoms with Crippen LogP contribution >= 0.6 is 22.7 Å². The van der Waals surface area contributed by atoms with Crippen LogP contribution in [0.4, 0.5) is 5.13 Å². The predicted molar refractivity (Wildman–Crippen MR) is 95.3 cm³/mol. The number of carbonyl (C=O) groups is 1. The number of rotatable bonds is 4. The summed E-state index contributed by atoms with van der Waals surface area (Å²) in [6, 6.07) is 4.43. The molecule has 0 unspecified atom stereocenters. The molecule has 2 aliphatic rings. The van der Waals surface area contributed by atoms with Gasteiger partial charge < -0.3 is 10.2 Å². The summed E-state index contributed by atoms with van der Waals surface area (Å²) < 4.78 is 0. The van der Waals surface area contributed by atoms with Crippen molar-refractivity contribution in [2.75, 3.05) is 18.0 Å². The van der Waals surface area contributed by atoms with Gasteiger partial charge >= 0.3 is 0 Å². The van der Waals surface area contributed by atoms with Crippen molar-refractivity contribution >= 4 is 33.7 Å². The molecule has 0 bridgehead atoms. The second-order valence-corrected chi connectivity index (χ2v) is 8.31. The van der Waals surface area contributed by atoms with Crippen molar-refractivity contribution in [2.24, 2.45) is 0 Å². The summed E-state index contributed by atoms with van der Waals surface area (Å²) >= 11 is 3.39. The van der Waals surface area contributed by atoms with Crippen molar-refractivity contribution in [1.29, 1.82) is 0 Å². The average molecular weight is 348 g/mol. The van der Waals surface area contributed by atoms with Crippen LogP contribution in [0.2, 0.25) is 0 Å². The third-order valence-corrected chi connectivity index (χ3v) is 7.00. The molecule has 122 valence electrons. The van der Waals surface area contributed by atoms with E-state index in [0.717, 1.165) is 50.3 Å². The zero-order valence-corrected chi connectivity index (χ0v) is 14.7. The van der Waals surface area contributed by atoms with Gasteiger partial charge in [-0.15, -0.1) is 22.7 Å². The Morgan fingerprint density at radius 1 is 1.30 bits per heavy atom. The molecule has 1 N–H and O–H groups in total. The Morgan fingerprint density at radius 2 is 2.17 bits per heavy atom. The van der Waals surface area contributed by atoms with Crippen LogP contribution in [0.1, 0.15) is 37.0 Å². The summed E-state index contributed by atoms with van der Waals surface area (Å²) in [5, 5.41) is 8.50. The molecule has 2 aromatic heterocycles. The molecular weight excluding hydrogens is 326 g/mol. The number of carbonyl (C=O) groups excluding carboxylic acids is 1. The number of nitrogens with zero attached hydrogens (tertiary/aromatic N) is 2. The normalized spacial score (nSPS) is 23.3. The van der Waals surface area contributed by atoms with Gasteiger partial charge in [-0.3, -0.25) is 4.79 Å².